The second kappa shape index (κ2) is 2.00. The molecule has 4 rings (SSSR count). The second-order valence-electron chi connectivity index (χ2n) is 5.90. The van der Waals surface area contributed by atoms with Crippen LogP contribution in [0.15, 0.2) is 18.2 Å². The van der Waals surface area contributed by atoms with Gasteiger partial charge in [0.05, 0.1) is 5.54 Å². The molecule has 0 radical (unpaired) electrons. The molecule has 0 saturated carbocycles. The van der Waals surface area contributed by atoms with Gasteiger partial charge in [-0.1, -0.05) is 18.2 Å². The molecule has 4 atom stereocenters. The van der Waals surface area contributed by atoms with Crippen molar-refractivity contribution in [2.24, 2.45) is 0 Å². The first-order chi connectivity index (χ1) is 7.52. The summed E-state index contributed by atoms with van der Waals surface area (Å²) in [5, 5.41) is 0. The fraction of sp³-hybridized carbons (Fsp3) is 0.500. The Labute approximate surface area is 95.3 Å². The first-order valence-electron chi connectivity index (χ1n) is 5.90. The van der Waals surface area contributed by atoms with Gasteiger partial charge in [-0.25, -0.2) is 0 Å². The molecular formula is C14H15NO. The van der Waals surface area contributed by atoms with Gasteiger partial charge in [0.1, 0.15) is 11.8 Å². The molecular weight excluding hydrogens is 198 g/mol. The molecule has 2 saturated heterocycles. The largest absolute Gasteiger partial charge is 0.301 e. The van der Waals surface area contributed by atoms with Gasteiger partial charge >= 0.3 is 0 Å². The minimum atomic E-state index is -0.164. The minimum absolute atomic E-state index is 0.00907. The molecule has 2 nitrogen and oxygen atoms in total. The van der Waals surface area contributed by atoms with Gasteiger partial charge in [-0.3, -0.25) is 4.90 Å². The lowest BCUT2D eigenvalue weighted by atomic mass is 9.66. The average molecular weight is 213 g/mol. The maximum atomic E-state index is 11.3. The van der Waals surface area contributed by atoms with E-state index in [-0.39, 0.29) is 16.6 Å². The molecule has 0 N–H and O–H groups in total. The quantitative estimate of drug-likeness (QED) is 0.526. The number of aryl methyl sites for hydroxylation is 1. The van der Waals surface area contributed by atoms with Gasteiger partial charge < -0.3 is 4.79 Å². The van der Waals surface area contributed by atoms with Gasteiger partial charge in [0.2, 0.25) is 0 Å². The van der Waals surface area contributed by atoms with Gasteiger partial charge in [-0.2, -0.15) is 0 Å². The van der Waals surface area contributed by atoms with Crippen LogP contribution in [0, 0.1) is 6.92 Å². The Morgan fingerprint density at radius 1 is 1.38 bits per heavy atom. The van der Waals surface area contributed by atoms with Gasteiger partial charge in [0.15, 0.2) is 0 Å². The Kier molecular flexibility index (Phi) is 1.12. The summed E-state index contributed by atoms with van der Waals surface area (Å²) in [6.45, 7) is 6.68. The molecule has 0 aliphatic carbocycles. The van der Waals surface area contributed by atoms with E-state index >= 15 is 0 Å². The molecule has 0 aromatic heterocycles. The van der Waals surface area contributed by atoms with Gasteiger partial charge in [0, 0.05) is 5.54 Å². The number of nitrogens with zero attached hydrogens (tertiary/aromatic N) is 1. The first-order valence-corrected chi connectivity index (χ1v) is 5.90. The number of rotatable bonds is 1. The maximum absolute atomic E-state index is 11.3. The van der Waals surface area contributed by atoms with E-state index in [1.54, 1.807) is 0 Å². The Bertz CT molecular complexity index is 552. The third-order valence-corrected chi connectivity index (χ3v) is 5.28. The highest BCUT2D eigenvalue weighted by Crippen LogP contribution is 2.81. The molecule has 3 aliphatic rings. The van der Waals surface area contributed by atoms with Crippen molar-refractivity contribution >= 4 is 6.29 Å². The maximum Gasteiger partial charge on any atom is 0.142 e. The molecule has 1 aromatic carbocycles. The fourth-order valence-electron chi connectivity index (χ4n) is 4.80. The number of aldehydes is 1. The summed E-state index contributed by atoms with van der Waals surface area (Å²) in [4.78, 5) is 13.7. The topological polar surface area (TPSA) is 20.1 Å². The SMILES string of the molecule is Cc1cccc2c1C1(C)CC3(C=O)N1[C@]23C. The van der Waals surface area contributed by atoms with Crippen molar-refractivity contribution in [1.29, 1.82) is 0 Å². The third-order valence-electron chi connectivity index (χ3n) is 5.28. The van der Waals surface area contributed by atoms with Crippen LogP contribution < -0.4 is 0 Å². The van der Waals surface area contributed by atoms with Crippen molar-refractivity contribution < 1.29 is 4.79 Å². The van der Waals surface area contributed by atoms with Gasteiger partial charge in [0.25, 0.3) is 0 Å². The summed E-state index contributed by atoms with van der Waals surface area (Å²) in [6, 6.07) is 6.49. The van der Waals surface area contributed by atoms with Gasteiger partial charge in [-0.15, -0.1) is 0 Å². The zero-order valence-corrected chi connectivity index (χ0v) is 9.87. The molecule has 16 heavy (non-hydrogen) atoms. The Hall–Kier alpha value is -1.15. The fourth-order valence-corrected chi connectivity index (χ4v) is 4.80. The minimum Gasteiger partial charge on any atom is -0.301 e. The van der Waals surface area contributed by atoms with E-state index in [0.29, 0.717) is 0 Å². The molecule has 2 fully saturated rings. The van der Waals surface area contributed by atoms with Gasteiger partial charge in [-0.05, 0) is 43.9 Å². The van der Waals surface area contributed by atoms with Crippen molar-refractivity contribution in [2.45, 2.75) is 43.8 Å². The Morgan fingerprint density at radius 3 is 2.81 bits per heavy atom. The number of benzene rings is 1. The number of carbonyl (C=O) groups excluding carboxylic acids is 1. The van der Waals surface area contributed by atoms with E-state index in [4.69, 9.17) is 0 Å². The van der Waals surface area contributed by atoms with Crippen LogP contribution >= 0.6 is 0 Å². The molecule has 1 aromatic rings. The number of carbonyl (C=O) groups is 1. The molecule has 0 spiro atoms. The highest BCUT2D eigenvalue weighted by atomic mass is 16.1. The van der Waals surface area contributed by atoms with Crippen molar-refractivity contribution in [3.8, 4) is 0 Å². The van der Waals surface area contributed by atoms with E-state index in [0.717, 1.165) is 6.42 Å². The third kappa shape index (κ3) is 0.521. The van der Waals surface area contributed by atoms with E-state index in [9.17, 15) is 4.79 Å². The van der Waals surface area contributed by atoms with Crippen molar-refractivity contribution in [2.75, 3.05) is 0 Å². The first kappa shape index (κ1) is 8.94. The average Bonchev–Trinajstić information content (AvgIpc) is 2.64. The highest BCUT2D eigenvalue weighted by molar-refractivity contribution is 5.84. The molecule has 3 heterocycles. The Balaban J connectivity index is 2.07. The lowest BCUT2D eigenvalue weighted by Crippen LogP contribution is -2.52. The lowest BCUT2D eigenvalue weighted by Gasteiger charge is -2.45. The Morgan fingerprint density at radius 2 is 2.12 bits per heavy atom. The van der Waals surface area contributed by atoms with Crippen molar-refractivity contribution in [3.05, 3.63) is 34.9 Å². The van der Waals surface area contributed by atoms with Crippen LogP contribution in [0.25, 0.3) is 0 Å². The van der Waals surface area contributed by atoms with Crippen LogP contribution in [0.1, 0.15) is 37.0 Å². The van der Waals surface area contributed by atoms with Crippen LogP contribution in [0.5, 0.6) is 0 Å². The molecule has 2 heteroatoms. The summed E-state index contributed by atoms with van der Waals surface area (Å²) in [5.74, 6) is 0. The van der Waals surface area contributed by atoms with Crippen LogP contribution in [-0.4, -0.2) is 16.7 Å². The predicted octanol–water partition coefficient (Wildman–Crippen LogP) is 2.10. The molecule has 0 bridgehead atoms. The second-order valence-corrected chi connectivity index (χ2v) is 5.90. The molecule has 3 unspecified atom stereocenters. The van der Waals surface area contributed by atoms with Crippen LogP contribution in [0.2, 0.25) is 0 Å². The number of hydrogen-bond donors (Lipinski definition) is 0. The predicted molar refractivity (Wildman–Crippen MR) is 61.1 cm³/mol. The lowest BCUT2D eigenvalue weighted by molar-refractivity contribution is -0.116. The van der Waals surface area contributed by atoms with Crippen LogP contribution in [0.3, 0.4) is 0 Å². The summed E-state index contributed by atoms with van der Waals surface area (Å²) in [6.07, 6.45) is 2.16. The summed E-state index contributed by atoms with van der Waals surface area (Å²) < 4.78 is 0. The molecule has 82 valence electrons. The molecule has 3 aliphatic heterocycles. The monoisotopic (exact) mass is 213 g/mol. The van der Waals surface area contributed by atoms with E-state index < -0.39 is 0 Å². The smallest absolute Gasteiger partial charge is 0.142 e. The molecule has 0 amide bonds. The van der Waals surface area contributed by atoms with Crippen LogP contribution in [0.4, 0.5) is 0 Å². The van der Waals surface area contributed by atoms with Crippen LogP contribution in [-0.2, 0) is 15.9 Å². The zero-order valence-electron chi connectivity index (χ0n) is 9.87. The summed E-state index contributed by atoms with van der Waals surface area (Å²) in [5.41, 5.74) is 4.17. The highest BCUT2D eigenvalue weighted by Gasteiger charge is 2.90. The van der Waals surface area contributed by atoms with Crippen molar-refractivity contribution in [1.82, 2.24) is 4.90 Å². The van der Waals surface area contributed by atoms with E-state index in [2.05, 4.69) is 43.9 Å². The van der Waals surface area contributed by atoms with Crippen molar-refractivity contribution in [3.63, 3.8) is 0 Å². The van der Waals surface area contributed by atoms with E-state index in [1.807, 2.05) is 0 Å². The zero-order chi connectivity index (χ0) is 11.3. The van der Waals surface area contributed by atoms with E-state index in [1.165, 1.54) is 23.0 Å². The number of hydrogen-bond acceptors (Lipinski definition) is 2. The summed E-state index contributed by atoms with van der Waals surface area (Å²) in [7, 11) is 0. The number of fused-ring (bicyclic) bond motifs is 4. The standard InChI is InChI=1S/C14H15NO/c1-9-5-4-6-10-11(9)12(2)7-14(8-16)13(10,3)15(12)14/h4-6,8H,7H2,1-3H3/t12?,13-,14?,15?/m1/s1. The normalized spacial score (nSPS) is 50.3. The summed E-state index contributed by atoms with van der Waals surface area (Å²) >= 11 is 0.